The fourth-order valence-electron chi connectivity index (χ4n) is 8.24. The highest BCUT2D eigenvalue weighted by Crippen LogP contribution is 2.70. The molecule has 4 aromatic carbocycles. The van der Waals surface area contributed by atoms with E-state index in [0.29, 0.717) is 27.0 Å². The molecule has 14 nitrogen and oxygen atoms in total. The summed E-state index contributed by atoms with van der Waals surface area (Å²) in [5, 5.41) is 39.0. The standard InChI is InChI=1S/C52H30N6O8S3/c53-23-35(24-54)57-39-21-37-44(68-39)41-42(51(37,47(59)63-27-31-13-5-1-6-14-31)48(60)64-28-32-15-7-2-8-16-32)46-43(45-38(67-46)22-40(69-45)58-36(25-55)26-56)52(41,49(61)65-29-33-17-9-3-10-18-33)50(62)66-30-34-19-11-4-12-20-34/h1-22H,27-30H2. The number of hydrogen-bond acceptors (Lipinski definition) is 17. The van der Waals surface area contributed by atoms with E-state index in [-0.39, 0.29) is 73.2 Å². The highest BCUT2D eigenvalue weighted by molar-refractivity contribution is 7.31. The van der Waals surface area contributed by atoms with Gasteiger partial charge in [-0.25, -0.2) is 9.98 Å². The summed E-state index contributed by atoms with van der Waals surface area (Å²) in [5.74, 6) is -4.52. The van der Waals surface area contributed by atoms with Gasteiger partial charge in [0.05, 0.1) is 4.70 Å². The van der Waals surface area contributed by atoms with E-state index in [0.717, 1.165) is 34.0 Å². The predicted molar refractivity (Wildman–Crippen MR) is 256 cm³/mol. The summed E-state index contributed by atoms with van der Waals surface area (Å²) in [6, 6.07) is 44.8. The fraction of sp³-hybridized carbons (Fsp3) is 0.115. The zero-order valence-electron chi connectivity index (χ0n) is 35.7. The number of aliphatic imine (C=N–C) groups is 2. The van der Waals surface area contributed by atoms with Crippen molar-refractivity contribution in [3.8, 4) is 24.3 Å². The van der Waals surface area contributed by atoms with E-state index in [1.807, 2.05) is 0 Å². The smallest absolute Gasteiger partial charge is 0.333 e. The summed E-state index contributed by atoms with van der Waals surface area (Å²) in [6.07, 6.45) is 0. The fourth-order valence-corrected chi connectivity index (χ4v) is 12.2. The van der Waals surface area contributed by atoms with Gasteiger partial charge in [-0.3, -0.25) is 19.2 Å². The molecule has 0 unspecified atom stereocenters. The van der Waals surface area contributed by atoms with Crippen LogP contribution < -0.4 is 0 Å². The molecule has 7 aromatic rings. The van der Waals surface area contributed by atoms with Gasteiger partial charge in [-0.05, 0) is 34.4 Å². The summed E-state index contributed by atoms with van der Waals surface area (Å²) in [4.78, 5) is 71.5. The Morgan fingerprint density at radius 3 is 1.22 bits per heavy atom. The number of thiophene rings is 3. The summed E-state index contributed by atoms with van der Waals surface area (Å²) in [7, 11) is 0. The zero-order chi connectivity index (χ0) is 48.1. The Labute approximate surface area is 405 Å². The van der Waals surface area contributed by atoms with Gasteiger partial charge in [-0.1, -0.05) is 121 Å². The van der Waals surface area contributed by atoms with Crippen LogP contribution in [0.1, 0.15) is 43.1 Å². The molecule has 0 fully saturated rings. The maximum atomic E-state index is 15.8. The van der Waals surface area contributed by atoms with Crippen molar-refractivity contribution in [3.63, 3.8) is 0 Å². The predicted octanol–water partition coefficient (Wildman–Crippen LogP) is 9.65. The van der Waals surface area contributed by atoms with Gasteiger partial charge in [0, 0.05) is 36.7 Å². The van der Waals surface area contributed by atoms with Crippen LogP contribution in [-0.2, 0) is 75.4 Å². The second-order valence-corrected chi connectivity index (χ2v) is 18.4. The number of hydrogen-bond donors (Lipinski definition) is 0. The SMILES string of the molecule is N#CC(C#N)=Nc1cc2c(s1)C1=C(c3sc4cc(N=C(C#N)C#N)sc4c3C1(C(=O)OCc1ccccc1)C(=O)OCc1ccccc1)C2(C(=O)OCc1ccccc1)C(=O)OCc1ccccc1. The number of carbonyl (C=O) groups excluding carboxylic acids is 4. The largest absolute Gasteiger partial charge is 0.459 e. The normalized spacial score (nSPS) is 13.2. The lowest BCUT2D eigenvalue weighted by atomic mass is 9.76. The van der Waals surface area contributed by atoms with Crippen LogP contribution in [0.2, 0.25) is 0 Å². The van der Waals surface area contributed by atoms with E-state index in [2.05, 4.69) is 9.98 Å². The first kappa shape index (κ1) is 45.3. The van der Waals surface area contributed by atoms with E-state index in [4.69, 9.17) is 18.9 Å². The van der Waals surface area contributed by atoms with Crippen molar-refractivity contribution in [1.29, 1.82) is 21.0 Å². The number of nitriles is 4. The van der Waals surface area contributed by atoms with Crippen LogP contribution in [0.4, 0.5) is 10.0 Å². The summed E-state index contributed by atoms with van der Waals surface area (Å²) >= 11 is 2.82. The number of nitrogens with zero attached hydrogens (tertiary/aromatic N) is 6. The molecule has 0 saturated carbocycles. The summed E-state index contributed by atoms with van der Waals surface area (Å²) in [6.45, 7) is -1.28. The van der Waals surface area contributed by atoms with Crippen LogP contribution in [0.15, 0.2) is 143 Å². The third-order valence-corrected chi connectivity index (χ3v) is 14.6. The van der Waals surface area contributed by atoms with Crippen LogP contribution in [0.3, 0.4) is 0 Å². The number of benzene rings is 4. The van der Waals surface area contributed by atoms with Crippen molar-refractivity contribution in [2.75, 3.05) is 0 Å². The molecule has 0 spiro atoms. The molecule has 9 rings (SSSR count). The van der Waals surface area contributed by atoms with E-state index >= 15 is 19.2 Å². The first-order valence-corrected chi connectivity index (χ1v) is 23.2. The van der Waals surface area contributed by atoms with Crippen LogP contribution in [0.5, 0.6) is 0 Å². The lowest BCUT2D eigenvalue weighted by Crippen LogP contribution is -2.45. The lowest BCUT2D eigenvalue weighted by Gasteiger charge is -2.29. The molecule has 0 radical (unpaired) electrons. The number of ether oxygens (including phenoxy) is 4. The Morgan fingerprint density at radius 1 is 0.464 bits per heavy atom. The van der Waals surface area contributed by atoms with Crippen molar-refractivity contribution in [2.24, 2.45) is 9.98 Å². The van der Waals surface area contributed by atoms with Gasteiger partial charge in [-0.15, -0.1) is 34.0 Å². The Balaban J connectivity index is 1.37. The van der Waals surface area contributed by atoms with Gasteiger partial charge in [0.2, 0.25) is 22.3 Å². The highest BCUT2D eigenvalue weighted by Gasteiger charge is 2.72. The van der Waals surface area contributed by atoms with Crippen LogP contribution in [0, 0.1) is 45.3 Å². The monoisotopic (exact) mass is 962 g/mol. The van der Waals surface area contributed by atoms with Crippen molar-refractivity contribution in [1.82, 2.24) is 0 Å². The first-order valence-electron chi connectivity index (χ1n) is 20.8. The van der Waals surface area contributed by atoms with E-state index < -0.39 is 46.1 Å². The minimum absolute atomic E-state index is 0.000437. The molecule has 17 heteroatoms. The van der Waals surface area contributed by atoms with Crippen LogP contribution in [-0.4, -0.2) is 35.3 Å². The molecular formula is C52H30N6O8S3. The lowest BCUT2D eigenvalue weighted by molar-refractivity contribution is -0.165. The topological polar surface area (TPSA) is 225 Å². The molecule has 69 heavy (non-hydrogen) atoms. The molecule has 3 heterocycles. The van der Waals surface area contributed by atoms with Gasteiger partial charge in [0.1, 0.15) is 60.7 Å². The summed E-state index contributed by atoms with van der Waals surface area (Å²) in [5.41, 5.74) is -4.30. The zero-order valence-corrected chi connectivity index (χ0v) is 38.2. The number of rotatable bonds is 14. The molecule has 0 bridgehead atoms. The maximum Gasteiger partial charge on any atom is 0.333 e. The van der Waals surface area contributed by atoms with Crippen molar-refractivity contribution in [2.45, 2.75) is 37.3 Å². The van der Waals surface area contributed by atoms with Crippen LogP contribution >= 0.6 is 34.0 Å². The van der Waals surface area contributed by atoms with Gasteiger partial charge in [0.15, 0.2) is 0 Å². The third-order valence-electron chi connectivity index (χ3n) is 11.2. The minimum Gasteiger partial charge on any atom is -0.459 e. The molecule has 3 aromatic heterocycles. The third kappa shape index (κ3) is 8.03. The molecule has 2 aliphatic carbocycles. The van der Waals surface area contributed by atoms with Crippen molar-refractivity contribution < 1.29 is 38.1 Å². The average molecular weight is 963 g/mol. The summed E-state index contributed by atoms with van der Waals surface area (Å²) < 4.78 is 25.3. The van der Waals surface area contributed by atoms with Crippen molar-refractivity contribution in [3.05, 3.63) is 177 Å². The Hall–Kier alpha value is -8.84. The number of fused-ring (bicyclic) bond motifs is 6. The van der Waals surface area contributed by atoms with Gasteiger partial charge >= 0.3 is 23.9 Å². The van der Waals surface area contributed by atoms with Crippen LogP contribution in [0.25, 0.3) is 20.5 Å². The molecule has 0 N–H and O–H groups in total. The number of esters is 4. The van der Waals surface area contributed by atoms with Gasteiger partial charge < -0.3 is 18.9 Å². The molecular weight excluding hydrogens is 933 g/mol. The second kappa shape index (κ2) is 19.2. The van der Waals surface area contributed by atoms with Gasteiger partial charge in [0.25, 0.3) is 0 Å². The van der Waals surface area contributed by atoms with E-state index in [9.17, 15) is 21.0 Å². The minimum atomic E-state index is -2.62. The Morgan fingerprint density at radius 2 is 0.826 bits per heavy atom. The maximum absolute atomic E-state index is 15.8. The molecule has 0 amide bonds. The van der Waals surface area contributed by atoms with E-state index in [1.54, 1.807) is 152 Å². The highest BCUT2D eigenvalue weighted by atomic mass is 32.1. The number of carbonyl (C=O) groups is 4. The first-order chi connectivity index (χ1) is 33.7. The average Bonchev–Trinajstić information content (AvgIpc) is 4.19. The van der Waals surface area contributed by atoms with E-state index in [1.165, 1.54) is 6.07 Å². The molecule has 0 atom stereocenters. The molecule has 2 aliphatic rings. The molecule has 0 aliphatic heterocycles. The van der Waals surface area contributed by atoms with Crippen molar-refractivity contribution >= 4 is 99.9 Å². The Kier molecular flexibility index (Phi) is 12.6. The molecule has 334 valence electrons. The van der Waals surface area contributed by atoms with Gasteiger partial charge in [-0.2, -0.15) is 21.0 Å². The second-order valence-electron chi connectivity index (χ2n) is 15.3. The quantitative estimate of drug-likeness (QED) is 0.0430. The molecule has 0 saturated heterocycles. The Bertz CT molecular complexity index is 3330.